The first-order valence-electron chi connectivity index (χ1n) is 9.47. The molecule has 142 valence electrons. The van der Waals surface area contributed by atoms with Crippen LogP contribution in [0.4, 0.5) is 5.82 Å². The number of terminal acetylenes is 1. The second-order valence-electron chi connectivity index (χ2n) is 7.85. The van der Waals surface area contributed by atoms with Crippen molar-refractivity contribution in [1.29, 1.82) is 0 Å². The molecule has 27 heavy (non-hydrogen) atoms. The third-order valence-electron chi connectivity index (χ3n) is 5.52. The number of nitrogens with one attached hydrogen (secondary N) is 1. The van der Waals surface area contributed by atoms with E-state index in [1.54, 1.807) is 12.7 Å². The maximum atomic E-state index is 6.08. The molecular weight excluding hydrogens is 346 g/mol. The minimum absolute atomic E-state index is 0.314. The van der Waals surface area contributed by atoms with Gasteiger partial charge in [0.25, 0.3) is 0 Å². The molecule has 3 fully saturated rings. The highest BCUT2D eigenvalue weighted by Gasteiger charge is 2.55. The largest absolute Gasteiger partial charge is 0.365 e. The van der Waals surface area contributed by atoms with E-state index in [-0.39, 0.29) is 12.2 Å². The Morgan fingerprint density at radius 3 is 2.74 bits per heavy atom. The molecule has 2 aromatic rings. The zero-order valence-electron chi connectivity index (χ0n) is 15.5. The van der Waals surface area contributed by atoms with Gasteiger partial charge in [-0.25, -0.2) is 15.0 Å². The van der Waals surface area contributed by atoms with Crippen LogP contribution in [0.15, 0.2) is 12.7 Å². The lowest BCUT2D eigenvalue weighted by Crippen LogP contribution is -2.28. The van der Waals surface area contributed by atoms with E-state index in [0.717, 1.165) is 24.2 Å². The van der Waals surface area contributed by atoms with Crippen LogP contribution >= 0.6 is 0 Å². The fourth-order valence-corrected chi connectivity index (χ4v) is 4.34. The number of imidazole rings is 1. The molecule has 1 N–H and O–H groups in total. The molecule has 5 rings (SSSR count). The molecule has 8 heteroatoms. The van der Waals surface area contributed by atoms with Crippen LogP contribution in [0.2, 0.25) is 0 Å². The quantitative estimate of drug-likeness (QED) is 0.831. The molecule has 0 aromatic carbocycles. The molecule has 0 amide bonds. The summed E-state index contributed by atoms with van der Waals surface area (Å²) in [4.78, 5) is 13.4. The van der Waals surface area contributed by atoms with Crippen LogP contribution in [0.3, 0.4) is 0 Å². The summed E-state index contributed by atoms with van der Waals surface area (Å²) in [7, 11) is 0. The summed E-state index contributed by atoms with van der Waals surface area (Å²) in [5.74, 6) is 2.73. The van der Waals surface area contributed by atoms with Crippen molar-refractivity contribution >= 4 is 17.0 Å². The van der Waals surface area contributed by atoms with Crippen LogP contribution in [0.25, 0.3) is 11.2 Å². The third kappa shape index (κ3) is 2.78. The van der Waals surface area contributed by atoms with E-state index in [4.69, 9.17) is 20.6 Å². The molecule has 0 radical (unpaired) electrons. The number of anilines is 1. The first-order chi connectivity index (χ1) is 13.1. The fourth-order valence-electron chi connectivity index (χ4n) is 4.34. The lowest BCUT2D eigenvalue weighted by atomic mass is 10.1. The van der Waals surface area contributed by atoms with Gasteiger partial charge < -0.3 is 19.5 Å². The smallest absolute Gasteiger partial charge is 0.167 e. The Morgan fingerprint density at radius 2 is 1.96 bits per heavy atom. The molecule has 0 bridgehead atoms. The number of hydrogen-bond donors (Lipinski definition) is 1. The third-order valence-corrected chi connectivity index (χ3v) is 5.52. The normalized spacial score (nSPS) is 32.6. The molecule has 2 aliphatic heterocycles. The van der Waals surface area contributed by atoms with E-state index < -0.39 is 18.1 Å². The SMILES string of the molecule is C#C[C@H]1O[C@@H](n2cnc3c(NC4CCCC4)ncnc32)[C@@H]2OC(C)(C)O[C@@H]21. The van der Waals surface area contributed by atoms with Gasteiger partial charge in [-0.2, -0.15) is 0 Å². The average molecular weight is 369 g/mol. The first kappa shape index (κ1) is 16.9. The van der Waals surface area contributed by atoms with Crippen LogP contribution in [0.1, 0.15) is 45.8 Å². The minimum atomic E-state index is -0.701. The first-order valence-corrected chi connectivity index (χ1v) is 9.47. The highest BCUT2D eigenvalue weighted by molar-refractivity contribution is 5.82. The molecule has 4 atom stereocenters. The highest BCUT2D eigenvalue weighted by Crippen LogP contribution is 2.43. The molecular formula is C19H23N5O3. The van der Waals surface area contributed by atoms with Gasteiger partial charge in [0.2, 0.25) is 0 Å². The van der Waals surface area contributed by atoms with Crippen molar-refractivity contribution in [3.63, 3.8) is 0 Å². The van der Waals surface area contributed by atoms with E-state index in [9.17, 15) is 0 Å². The molecule has 4 heterocycles. The van der Waals surface area contributed by atoms with Gasteiger partial charge in [0.1, 0.15) is 24.6 Å². The molecule has 0 spiro atoms. The van der Waals surface area contributed by atoms with Crippen molar-refractivity contribution in [2.24, 2.45) is 0 Å². The summed E-state index contributed by atoms with van der Waals surface area (Å²) in [5, 5.41) is 3.51. The lowest BCUT2D eigenvalue weighted by molar-refractivity contribution is -0.190. The Hall–Kier alpha value is -2.21. The van der Waals surface area contributed by atoms with Crippen molar-refractivity contribution in [1.82, 2.24) is 19.5 Å². The van der Waals surface area contributed by atoms with Gasteiger partial charge in [-0.1, -0.05) is 18.8 Å². The van der Waals surface area contributed by atoms with Gasteiger partial charge >= 0.3 is 0 Å². The van der Waals surface area contributed by atoms with Crippen LogP contribution < -0.4 is 5.32 Å². The standard InChI is InChI=1S/C19H23N5O3/c1-4-12-14-15(27-19(2,3)26-14)18(25-12)24-10-22-13-16(20-9-21-17(13)24)23-11-7-5-6-8-11/h1,9-12,14-15,18H,5-8H2,2-3H3,(H,20,21,23)/t12-,14-,15-,18-/m1/s1. The maximum absolute atomic E-state index is 6.08. The van der Waals surface area contributed by atoms with E-state index in [2.05, 4.69) is 26.2 Å². The van der Waals surface area contributed by atoms with Crippen molar-refractivity contribution in [3.8, 4) is 12.3 Å². The summed E-state index contributed by atoms with van der Waals surface area (Å²) in [6.07, 6.45) is 12.2. The Morgan fingerprint density at radius 1 is 1.19 bits per heavy atom. The number of nitrogens with zero attached hydrogens (tertiary/aromatic N) is 4. The van der Waals surface area contributed by atoms with Crippen LogP contribution in [0.5, 0.6) is 0 Å². The van der Waals surface area contributed by atoms with Gasteiger partial charge in [0.15, 0.2) is 29.0 Å². The summed E-state index contributed by atoms with van der Waals surface area (Å²) < 4.78 is 20.0. The van der Waals surface area contributed by atoms with Gasteiger partial charge in [0, 0.05) is 6.04 Å². The summed E-state index contributed by atoms with van der Waals surface area (Å²) in [5.41, 5.74) is 1.42. The lowest BCUT2D eigenvalue weighted by Gasteiger charge is -2.23. The molecule has 8 nitrogen and oxygen atoms in total. The van der Waals surface area contributed by atoms with E-state index in [0.29, 0.717) is 11.7 Å². The Kier molecular flexibility index (Phi) is 3.86. The van der Waals surface area contributed by atoms with E-state index in [1.165, 1.54) is 12.8 Å². The van der Waals surface area contributed by atoms with Crippen molar-refractivity contribution in [2.75, 3.05) is 5.32 Å². The van der Waals surface area contributed by atoms with Gasteiger partial charge in [0.05, 0.1) is 6.33 Å². The van der Waals surface area contributed by atoms with Crippen molar-refractivity contribution < 1.29 is 14.2 Å². The van der Waals surface area contributed by atoms with Gasteiger partial charge in [-0.3, -0.25) is 4.57 Å². The molecule has 0 unspecified atom stereocenters. The van der Waals surface area contributed by atoms with Crippen LogP contribution in [-0.2, 0) is 14.2 Å². The van der Waals surface area contributed by atoms with Crippen molar-refractivity contribution in [3.05, 3.63) is 12.7 Å². The fraction of sp³-hybridized carbons (Fsp3) is 0.632. The summed E-state index contributed by atoms with van der Waals surface area (Å²) >= 11 is 0. The monoisotopic (exact) mass is 369 g/mol. The van der Waals surface area contributed by atoms with Gasteiger partial charge in [-0.15, -0.1) is 6.42 Å². The highest BCUT2D eigenvalue weighted by atomic mass is 16.8. The zero-order chi connectivity index (χ0) is 18.6. The summed E-state index contributed by atoms with van der Waals surface area (Å²) in [6, 6.07) is 0.443. The Bertz CT molecular complexity index is 898. The Balaban J connectivity index is 1.49. The molecule has 3 aliphatic rings. The van der Waals surface area contributed by atoms with Crippen LogP contribution in [0, 0.1) is 12.3 Å². The molecule has 1 aliphatic carbocycles. The molecule has 2 saturated heterocycles. The predicted octanol–water partition coefficient (Wildman–Crippen LogP) is 2.23. The number of ether oxygens (including phenoxy) is 3. The molecule has 1 saturated carbocycles. The van der Waals surface area contributed by atoms with E-state index in [1.807, 2.05) is 18.4 Å². The number of aromatic nitrogens is 4. The minimum Gasteiger partial charge on any atom is -0.365 e. The summed E-state index contributed by atoms with van der Waals surface area (Å²) in [6.45, 7) is 3.77. The zero-order valence-corrected chi connectivity index (χ0v) is 15.5. The number of hydrogen-bond acceptors (Lipinski definition) is 7. The second kappa shape index (κ2) is 6.16. The van der Waals surface area contributed by atoms with Crippen LogP contribution in [-0.4, -0.2) is 49.7 Å². The molecule has 2 aromatic heterocycles. The number of fused-ring (bicyclic) bond motifs is 2. The topological polar surface area (TPSA) is 83.3 Å². The van der Waals surface area contributed by atoms with E-state index >= 15 is 0 Å². The Labute approximate surface area is 157 Å². The maximum Gasteiger partial charge on any atom is 0.167 e. The second-order valence-corrected chi connectivity index (χ2v) is 7.85. The van der Waals surface area contributed by atoms with Gasteiger partial charge in [-0.05, 0) is 26.7 Å². The average Bonchev–Trinajstić information content (AvgIpc) is 3.38. The predicted molar refractivity (Wildman–Crippen MR) is 97.8 cm³/mol. The number of rotatable bonds is 3. The van der Waals surface area contributed by atoms with Crippen molar-refractivity contribution in [2.45, 2.75) is 75.9 Å².